The summed E-state index contributed by atoms with van der Waals surface area (Å²) >= 11 is 1.49. The number of ether oxygens (including phenoxy) is 1. The number of nitrogens with zero attached hydrogens (tertiary/aromatic N) is 2. The molecule has 7 nitrogen and oxygen atoms in total. The Morgan fingerprint density at radius 3 is 3.09 bits per heavy atom. The number of thiophene rings is 1. The molecule has 0 bridgehead atoms. The molecule has 0 spiro atoms. The number of aromatic nitrogens is 2. The molecule has 9 heteroatoms. The zero-order chi connectivity index (χ0) is 15.6. The summed E-state index contributed by atoms with van der Waals surface area (Å²) in [5, 5.41) is 5.28. The van der Waals surface area contributed by atoms with Crippen LogP contribution in [-0.2, 0) is 21.3 Å². The molecule has 2 atom stereocenters. The van der Waals surface area contributed by atoms with Crippen LogP contribution in [0.2, 0.25) is 0 Å². The van der Waals surface area contributed by atoms with Crippen molar-refractivity contribution in [1.29, 1.82) is 0 Å². The average molecular weight is 343 g/mol. The molecular formula is C13H17N3O4S2. The summed E-state index contributed by atoms with van der Waals surface area (Å²) in [6, 6.07) is 3.76. The lowest BCUT2D eigenvalue weighted by atomic mass is 10.0. The quantitative estimate of drug-likeness (QED) is 0.887. The fourth-order valence-corrected chi connectivity index (χ4v) is 4.71. The lowest BCUT2D eigenvalue weighted by Crippen LogP contribution is -2.42. The zero-order valence-corrected chi connectivity index (χ0v) is 13.7. The van der Waals surface area contributed by atoms with Gasteiger partial charge in [-0.2, -0.15) is 4.98 Å². The Kier molecular flexibility index (Phi) is 4.57. The molecule has 0 radical (unpaired) electrons. The highest BCUT2D eigenvalue weighted by Crippen LogP contribution is 2.23. The van der Waals surface area contributed by atoms with Crippen LogP contribution in [0.4, 0.5) is 0 Å². The van der Waals surface area contributed by atoms with Gasteiger partial charge in [0.05, 0.1) is 23.3 Å². The Morgan fingerprint density at radius 2 is 2.36 bits per heavy atom. The van der Waals surface area contributed by atoms with E-state index in [0.717, 1.165) is 4.88 Å². The molecule has 1 aliphatic rings. The van der Waals surface area contributed by atoms with Gasteiger partial charge >= 0.3 is 0 Å². The SMILES string of the molecule is C[C@H]1COCC[C@@H]1S(=O)(=O)NCc1noc(-c2cccs2)n1. The Labute approximate surface area is 132 Å². The van der Waals surface area contributed by atoms with Gasteiger partial charge < -0.3 is 9.26 Å². The molecule has 0 amide bonds. The molecule has 3 heterocycles. The molecule has 2 aromatic heterocycles. The predicted octanol–water partition coefficient (Wildman–Crippen LogP) is 1.64. The van der Waals surface area contributed by atoms with Crippen molar-refractivity contribution in [2.75, 3.05) is 13.2 Å². The van der Waals surface area contributed by atoms with Crippen molar-refractivity contribution in [2.24, 2.45) is 5.92 Å². The monoisotopic (exact) mass is 343 g/mol. The van der Waals surface area contributed by atoms with Crippen LogP contribution in [-0.4, -0.2) is 37.0 Å². The summed E-state index contributed by atoms with van der Waals surface area (Å²) in [5.74, 6) is 0.702. The first-order valence-corrected chi connectivity index (χ1v) is 9.41. The van der Waals surface area contributed by atoms with E-state index >= 15 is 0 Å². The Hall–Kier alpha value is -1.29. The highest BCUT2D eigenvalue weighted by atomic mass is 32.2. The standard InChI is InChI=1S/C13H17N3O4S2/c1-9-8-19-5-4-11(9)22(17,18)14-7-12-15-13(20-16-12)10-3-2-6-21-10/h2-3,6,9,11,14H,4-5,7-8H2,1H3/t9-,11-/m0/s1. The largest absolute Gasteiger partial charge is 0.381 e. The summed E-state index contributed by atoms with van der Waals surface area (Å²) in [6.45, 7) is 2.85. The third kappa shape index (κ3) is 3.37. The summed E-state index contributed by atoms with van der Waals surface area (Å²) in [7, 11) is -3.42. The zero-order valence-electron chi connectivity index (χ0n) is 12.1. The molecule has 0 aliphatic carbocycles. The molecule has 1 N–H and O–H groups in total. The second kappa shape index (κ2) is 6.45. The molecule has 3 rings (SSSR count). The van der Waals surface area contributed by atoms with Crippen LogP contribution in [0.15, 0.2) is 22.0 Å². The number of hydrogen-bond donors (Lipinski definition) is 1. The van der Waals surface area contributed by atoms with Crippen LogP contribution in [0.1, 0.15) is 19.2 Å². The van der Waals surface area contributed by atoms with Crippen molar-refractivity contribution < 1.29 is 17.7 Å². The maximum Gasteiger partial charge on any atom is 0.268 e. The maximum absolute atomic E-state index is 12.4. The van der Waals surface area contributed by atoms with Gasteiger partial charge in [-0.1, -0.05) is 18.1 Å². The minimum Gasteiger partial charge on any atom is -0.381 e. The van der Waals surface area contributed by atoms with E-state index in [-0.39, 0.29) is 12.5 Å². The van der Waals surface area contributed by atoms with E-state index in [1.54, 1.807) is 0 Å². The molecule has 120 valence electrons. The fraction of sp³-hybridized carbons (Fsp3) is 0.538. The van der Waals surface area contributed by atoms with Crippen molar-refractivity contribution in [2.45, 2.75) is 25.1 Å². The van der Waals surface area contributed by atoms with Crippen molar-refractivity contribution in [1.82, 2.24) is 14.9 Å². The van der Waals surface area contributed by atoms with Crippen molar-refractivity contribution in [3.63, 3.8) is 0 Å². The van der Waals surface area contributed by atoms with Crippen LogP contribution in [0.25, 0.3) is 10.8 Å². The summed E-state index contributed by atoms with van der Waals surface area (Å²) in [5.41, 5.74) is 0. The highest BCUT2D eigenvalue weighted by molar-refractivity contribution is 7.90. The number of rotatable bonds is 5. The predicted molar refractivity (Wildman–Crippen MR) is 81.8 cm³/mol. The molecule has 1 aliphatic heterocycles. The molecule has 0 saturated carbocycles. The van der Waals surface area contributed by atoms with E-state index in [4.69, 9.17) is 9.26 Å². The smallest absolute Gasteiger partial charge is 0.268 e. The lowest BCUT2D eigenvalue weighted by molar-refractivity contribution is 0.0635. The van der Waals surface area contributed by atoms with E-state index in [0.29, 0.717) is 31.3 Å². The molecule has 2 aromatic rings. The maximum atomic E-state index is 12.4. The van der Waals surface area contributed by atoms with Crippen LogP contribution in [0.3, 0.4) is 0 Å². The highest BCUT2D eigenvalue weighted by Gasteiger charge is 2.33. The van der Waals surface area contributed by atoms with Gasteiger partial charge in [0.25, 0.3) is 5.89 Å². The van der Waals surface area contributed by atoms with Crippen LogP contribution >= 0.6 is 11.3 Å². The first-order valence-electron chi connectivity index (χ1n) is 6.99. The normalized spacial score (nSPS) is 22.8. The second-order valence-electron chi connectivity index (χ2n) is 5.24. The summed E-state index contributed by atoms with van der Waals surface area (Å²) in [4.78, 5) is 5.06. The summed E-state index contributed by atoms with van der Waals surface area (Å²) in [6.07, 6.45) is 0.503. The molecule has 22 heavy (non-hydrogen) atoms. The summed E-state index contributed by atoms with van der Waals surface area (Å²) < 4.78 is 37.7. The minimum atomic E-state index is -3.42. The van der Waals surface area contributed by atoms with Gasteiger partial charge in [-0.15, -0.1) is 11.3 Å². The van der Waals surface area contributed by atoms with Gasteiger partial charge in [0.15, 0.2) is 5.82 Å². The van der Waals surface area contributed by atoms with Crippen LogP contribution in [0, 0.1) is 5.92 Å². The van der Waals surface area contributed by atoms with Gasteiger partial charge in [-0.3, -0.25) is 0 Å². The fourth-order valence-electron chi connectivity index (χ4n) is 2.42. The Bertz CT molecular complexity index is 711. The first-order chi connectivity index (χ1) is 10.6. The first kappa shape index (κ1) is 15.6. The van der Waals surface area contributed by atoms with Gasteiger partial charge in [-0.05, 0) is 23.8 Å². The molecule has 1 fully saturated rings. The van der Waals surface area contributed by atoms with Crippen LogP contribution < -0.4 is 4.72 Å². The van der Waals surface area contributed by atoms with Crippen molar-refractivity contribution in [3.05, 3.63) is 23.3 Å². The van der Waals surface area contributed by atoms with E-state index < -0.39 is 15.3 Å². The van der Waals surface area contributed by atoms with Crippen molar-refractivity contribution in [3.8, 4) is 10.8 Å². The third-order valence-corrected chi connectivity index (χ3v) is 6.49. The number of nitrogens with one attached hydrogen (secondary N) is 1. The molecular weight excluding hydrogens is 326 g/mol. The van der Waals surface area contributed by atoms with Crippen molar-refractivity contribution >= 4 is 21.4 Å². The Morgan fingerprint density at radius 1 is 1.50 bits per heavy atom. The second-order valence-corrected chi connectivity index (χ2v) is 8.17. The van der Waals surface area contributed by atoms with E-state index in [1.807, 2.05) is 24.4 Å². The van der Waals surface area contributed by atoms with E-state index in [9.17, 15) is 8.42 Å². The lowest BCUT2D eigenvalue weighted by Gasteiger charge is -2.28. The van der Waals surface area contributed by atoms with E-state index in [2.05, 4.69) is 14.9 Å². The minimum absolute atomic E-state index is 0.0291. The molecule has 1 saturated heterocycles. The third-order valence-electron chi connectivity index (χ3n) is 3.59. The topological polar surface area (TPSA) is 94.3 Å². The molecule has 0 aromatic carbocycles. The average Bonchev–Trinajstić information content (AvgIpc) is 3.17. The van der Waals surface area contributed by atoms with E-state index in [1.165, 1.54) is 11.3 Å². The molecule has 0 unspecified atom stereocenters. The van der Waals surface area contributed by atoms with Gasteiger partial charge in [0.2, 0.25) is 10.0 Å². The van der Waals surface area contributed by atoms with Gasteiger partial charge in [0.1, 0.15) is 0 Å². The number of hydrogen-bond acceptors (Lipinski definition) is 7. The number of sulfonamides is 1. The van der Waals surface area contributed by atoms with Crippen LogP contribution in [0.5, 0.6) is 0 Å². The van der Waals surface area contributed by atoms with Gasteiger partial charge in [0, 0.05) is 6.61 Å². The Balaban J connectivity index is 1.64. The van der Waals surface area contributed by atoms with Gasteiger partial charge in [-0.25, -0.2) is 13.1 Å².